The lowest BCUT2D eigenvalue weighted by Crippen LogP contribution is -2.47. The molecule has 27 heavy (non-hydrogen) atoms. The summed E-state index contributed by atoms with van der Waals surface area (Å²) in [5.74, 6) is 1.13. The van der Waals surface area contributed by atoms with Gasteiger partial charge in [-0.05, 0) is 50.7 Å². The summed E-state index contributed by atoms with van der Waals surface area (Å²) in [4.78, 5) is 19.9. The van der Waals surface area contributed by atoms with E-state index in [9.17, 15) is 4.79 Å². The van der Waals surface area contributed by atoms with E-state index < -0.39 is 0 Å². The van der Waals surface area contributed by atoms with Crippen molar-refractivity contribution in [3.8, 4) is 0 Å². The number of thioether (sulfide) groups is 1. The molecule has 150 valence electrons. The van der Waals surface area contributed by atoms with Gasteiger partial charge in [-0.1, -0.05) is 18.2 Å². The molecule has 3 N–H and O–H groups in total. The summed E-state index contributed by atoms with van der Waals surface area (Å²) < 4.78 is 0.254. The van der Waals surface area contributed by atoms with Gasteiger partial charge >= 0.3 is 0 Å². The number of nitrogens with one attached hydrogen (secondary N) is 1. The minimum atomic E-state index is -0.199. The van der Waals surface area contributed by atoms with Crippen molar-refractivity contribution in [2.45, 2.75) is 48.7 Å². The highest BCUT2D eigenvalue weighted by atomic mass is 127. The topological polar surface area (TPSA) is 70.7 Å². The average molecular weight is 502 g/mol. The normalized spacial score (nSPS) is 21.3. The SMILES string of the molecule is CCNC(=NCC1(Sc2ccccc2)CC1)N1CCCC(CC(N)=O)C1.I. The van der Waals surface area contributed by atoms with Crippen LogP contribution in [0.5, 0.6) is 0 Å². The molecule has 1 aromatic carbocycles. The molecule has 0 radical (unpaired) electrons. The standard InChI is InChI=1S/C20H30N4OS.HI/c1-2-22-19(24-12-6-7-16(14-24)13-18(21)25)23-15-20(10-11-20)26-17-8-4-3-5-9-17;/h3-5,8-9,16H,2,6-7,10-15H2,1H3,(H2,21,25)(H,22,23);1H. The first-order valence-electron chi connectivity index (χ1n) is 9.66. The first-order valence-corrected chi connectivity index (χ1v) is 10.5. The van der Waals surface area contributed by atoms with Crippen LogP contribution < -0.4 is 11.1 Å². The second kappa shape index (κ2) is 10.5. The van der Waals surface area contributed by atoms with Crippen LogP contribution in [0.2, 0.25) is 0 Å². The average Bonchev–Trinajstić information content (AvgIpc) is 3.39. The summed E-state index contributed by atoms with van der Waals surface area (Å²) in [6, 6.07) is 10.6. The van der Waals surface area contributed by atoms with Crippen molar-refractivity contribution in [3.63, 3.8) is 0 Å². The van der Waals surface area contributed by atoms with E-state index >= 15 is 0 Å². The zero-order valence-corrected chi connectivity index (χ0v) is 19.2. The van der Waals surface area contributed by atoms with Crippen LogP contribution in [0.3, 0.4) is 0 Å². The number of primary amides is 1. The molecular formula is C20H31IN4OS. The Hall–Kier alpha value is -0.960. The molecule has 1 aliphatic heterocycles. The van der Waals surface area contributed by atoms with Crippen LogP contribution in [-0.2, 0) is 4.79 Å². The van der Waals surface area contributed by atoms with Crippen molar-refractivity contribution >= 4 is 47.6 Å². The molecule has 1 saturated carbocycles. The fraction of sp³-hybridized carbons (Fsp3) is 0.600. The van der Waals surface area contributed by atoms with Crippen molar-refractivity contribution < 1.29 is 4.79 Å². The third-order valence-electron chi connectivity index (χ3n) is 5.05. The number of likely N-dealkylation sites (tertiary alicyclic amines) is 1. The van der Waals surface area contributed by atoms with E-state index in [0.717, 1.165) is 45.0 Å². The van der Waals surface area contributed by atoms with Crippen LogP contribution in [0.25, 0.3) is 0 Å². The van der Waals surface area contributed by atoms with Gasteiger partial charge in [-0.3, -0.25) is 9.79 Å². The molecule has 1 saturated heterocycles. The van der Waals surface area contributed by atoms with Crippen molar-refractivity contribution in [3.05, 3.63) is 30.3 Å². The van der Waals surface area contributed by atoms with Crippen molar-refractivity contribution in [2.75, 3.05) is 26.2 Å². The zero-order valence-electron chi connectivity index (χ0n) is 16.0. The van der Waals surface area contributed by atoms with Crippen LogP contribution >= 0.6 is 35.7 Å². The van der Waals surface area contributed by atoms with Gasteiger partial charge < -0.3 is 16.0 Å². The molecule has 1 aromatic rings. The van der Waals surface area contributed by atoms with Gasteiger partial charge in [0.2, 0.25) is 5.91 Å². The number of aliphatic imine (C=N–C) groups is 1. The van der Waals surface area contributed by atoms with Gasteiger partial charge in [-0.2, -0.15) is 0 Å². The highest BCUT2D eigenvalue weighted by molar-refractivity contribution is 14.0. The number of benzene rings is 1. The predicted molar refractivity (Wildman–Crippen MR) is 124 cm³/mol. The van der Waals surface area contributed by atoms with Gasteiger partial charge in [0.1, 0.15) is 0 Å². The largest absolute Gasteiger partial charge is 0.370 e. The van der Waals surface area contributed by atoms with E-state index in [1.807, 2.05) is 11.8 Å². The molecule has 1 unspecified atom stereocenters. The predicted octanol–water partition coefficient (Wildman–Crippen LogP) is 3.48. The van der Waals surface area contributed by atoms with E-state index in [0.29, 0.717) is 12.3 Å². The molecule has 2 fully saturated rings. The maximum atomic E-state index is 11.3. The number of nitrogens with two attached hydrogens (primary N) is 1. The van der Waals surface area contributed by atoms with Gasteiger partial charge in [0, 0.05) is 35.7 Å². The molecule has 1 aliphatic carbocycles. The minimum Gasteiger partial charge on any atom is -0.370 e. The molecule has 0 spiro atoms. The molecule has 0 aromatic heterocycles. The van der Waals surface area contributed by atoms with Gasteiger partial charge in [0.15, 0.2) is 5.96 Å². The number of guanidine groups is 1. The first-order chi connectivity index (χ1) is 12.6. The van der Waals surface area contributed by atoms with Crippen LogP contribution in [0, 0.1) is 5.92 Å². The monoisotopic (exact) mass is 502 g/mol. The Kier molecular flexibility index (Phi) is 8.72. The van der Waals surface area contributed by atoms with Crippen molar-refractivity contribution in [2.24, 2.45) is 16.6 Å². The number of carbonyl (C=O) groups is 1. The molecule has 1 atom stereocenters. The summed E-state index contributed by atoms with van der Waals surface area (Å²) >= 11 is 1.96. The fourth-order valence-electron chi connectivity index (χ4n) is 3.52. The third-order valence-corrected chi connectivity index (χ3v) is 6.52. The lowest BCUT2D eigenvalue weighted by atomic mass is 9.95. The molecule has 7 heteroatoms. The molecule has 3 rings (SSSR count). The smallest absolute Gasteiger partial charge is 0.217 e. The van der Waals surface area contributed by atoms with Crippen molar-refractivity contribution in [1.29, 1.82) is 0 Å². The summed E-state index contributed by atoms with van der Waals surface area (Å²) in [7, 11) is 0. The highest BCUT2D eigenvalue weighted by Crippen LogP contribution is 2.51. The zero-order chi connectivity index (χ0) is 18.4. The van der Waals surface area contributed by atoms with Crippen molar-refractivity contribution in [1.82, 2.24) is 10.2 Å². The second-order valence-corrected chi connectivity index (χ2v) is 8.93. The molecule has 1 heterocycles. The summed E-state index contributed by atoms with van der Waals surface area (Å²) in [5, 5.41) is 3.44. The molecule has 2 aliphatic rings. The fourth-order valence-corrected chi connectivity index (χ4v) is 4.75. The second-order valence-electron chi connectivity index (χ2n) is 7.39. The Balaban J connectivity index is 0.00000261. The summed E-state index contributed by atoms with van der Waals surface area (Å²) in [6.45, 7) is 5.67. The Morgan fingerprint density at radius 3 is 2.74 bits per heavy atom. The number of nitrogens with zero attached hydrogens (tertiary/aromatic N) is 2. The van der Waals surface area contributed by atoms with Crippen LogP contribution in [0.15, 0.2) is 40.2 Å². The Morgan fingerprint density at radius 2 is 2.11 bits per heavy atom. The van der Waals surface area contributed by atoms with Crippen LogP contribution in [0.1, 0.15) is 39.0 Å². The van der Waals surface area contributed by atoms with Gasteiger partial charge in [0.25, 0.3) is 0 Å². The van der Waals surface area contributed by atoms with Gasteiger partial charge in [-0.15, -0.1) is 35.7 Å². The van der Waals surface area contributed by atoms with Crippen LogP contribution in [-0.4, -0.2) is 47.7 Å². The molecule has 0 bridgehead atoms. The maximum absolute atomic E-state index is 11.3. The molecule has 5 nitrogen and oxygen atoms in total. The Labute approximate surface area is 184 Å². The summed E-state index contributed by atoms with van der Waals surface area (Å²) in [6.07, 6.45) is 5.09. The summed E-state index contributed by atoms with van der Waals surface area (Å²) in [5.41, 5.74) is 5.39. The molecular weight excluding hydrogens is 471 g/mol. The van der Waals surface area contributed by atoms with E-state index in [2.05, 4.69) is 47.5 Å². The number of carbonyl (C=O) groups excluding carboxylic acids is 1. The van der Waals surface area contributed by atoms with Gasteiger partial charge in [0.05, 0.1) is 6.54 Å². The maximum Gasteiger partial charge on any atom is 0.217 e. The number of halogens is 1. The number of hydrogen-bond donors (Lipinski definition) is 2. The number of rotatable bonds is 7. The number of amides is 1. The first kappa shape index (κ1) is 22.3. The molecule has 1 amide bonds. The number of piperidine rings is 1. The number of hydrogen-bond acceptors (Lipinski definition) is 3. The van der Waals surface area contributed by atoms with E-state index in [1.54, 1.807) is 0 Å². The van der Waals surface area contributed by atoms with Gasteiger partial charge in [-0.25, -0.2) is 0 Å². The quantitative estimate of drug-likeness (QED) is 0.340. The lowest BCUT2D eigenvalue weighted by molar-refractivity contribution is -0.119. The van der Waals surface area contributed by atoms with E-state index in [1.165, 1.54) is 17.7 Å². The Bertz CT molecular complexity index is 636. The third kappa shape index (κ3) is 6.85. The van der Waals surface area contributed by atoms with E-state index in [-0.39, 0.29) is 34.6 Å². The minimum absolute atomic E-state index is 0. The van der Waals surface area contributed by atoms with Crippen LogP contribution in [0.4, 0.5) is 0 Å². The lowest BCUT2D eigenvalue weighted by Gasteiger charge is -2.35. The highest BCUT2D eigenvalue weighted by Gasteiger charge is 2.43. The van der Waals surface area contributed by atoms with E-state index in [4.69, 9.17) is 10.7 Å². The Morgan fingerprint density at radius 1 is 1.37 bits per heavy atom.